The van der Waals surface area contributed by atoms with Crippen molar-refractivity contribution < 1.29 is 9.53 Å². The van der Waals surface area contributed by atoms with Gasteiger partial charge in [-0.15, -0.1) is 0 Å². The summed E-state index contributed by atoms with van der Waals surface area (Å²) in [6.07, 6.45) is -0.269. The molecule has 25 heavy (non-hydrogen) atoms. The van der Waals surface area contributed by atoms with Gasteiger partial charge in [0.2, 0.25) is 0 Å². The number of amides is 1. The van der Waals surface area contributed by atoms with Gasteiger partial charge in [0, 0.05) is 18.7 Å². The van der Waals surface area contributed by atoms with Crippen LogP contribution in [0.1, 0.15) is 31.9 Å². The Labute approximate surface area is 146 Å². The van der Waals surface area contributed by atoms with E-state index in [1.807, 2.05) is 45.0 Å². The van der Waals surface area contributed by atoms with Gasteiger partial charge < -0.3 is 9.72 Å². The van der Waals surface area contributed by atoms with E-state index in [9.17, 15) is 4.79 Å². The molecule has 0 bridgehead atoms. The number of aromatic amines is 1. The molecule has 128 valence electrons. The van der Waals surface area contributed by atoms with Gasteiger partial charge in [-0.2, -0.15) is 0 Å². The topological polar surface area (TPSA) is 58.2 Å². The number of fused-ring (bicyclic) bond motifs is 2. The molecular weight excluding hydrogens is 314 g/mol. The van der Waals surface area contributed by atoms with Gasteiger partial charge in [-0.05, 0) is 50.1 Å². The number of hydrogen-bond donors (Lipinski definition) is 1. The molecule has 0 aliphatic carbocycles. The third-order valence-corrected chi connectivity index (χ3v) is 4.24. The third kappa shape index (κ3) is 3.09. The van der Waals surface area contributed by atoms with E-state index in [1.165, 1.54) is 0 Å². The summed E-state index contributed by atoms with van der Waals surface area (Å²) < 4.78 is 5.48. The van der Waals surface area contributed by atoms with Crippen LogP contribution in [0.25, 0.3) is 22.4 Å². The molecule has 3 aromatic rings. The van der Waals surface area contributed by atoms with E-state index in [-0.39, 0.29) is 6.09 Å². The molecule has 4 rings (SSSR count). The van der Waals surface area contributed by atoms with Crippen LogP contribution >= 0.6 is 0 Å². The maximum atomic E-state index is 12.3. The van der Waals surface area contributed by atoms with Gasteiger partial charge in [0.15, 0.2) is 0 Å². The first-order valence-electron chi connectivity index (χ1n) is 8.44. The number of hydrogen-bond acceptors (Lipinski definition) is 3. The zero-order chi connectivity index (χ0) is 17.6. The smallest absolute Gasteiger partial charge is 0.410 e. The predicted octanol–water partition coefficient (Wildman–Crippen LogP) is 4.48. The molecule has 1 N–H and O–H groups in total. The Hall–Kier alpha value is -2.82. The minimum Gasteiger partial charge on any atom is -0.444 e. The van der Waals surface area contributed by atoms with Crippen LogP contribution in [0.15, 0.2) is 42.5 Å². The summed E-state index contributed by atoms with van der Waals surface area (Å²) in [5.74, 6) is 0.847. The average Bonchev–Trinajstić information content (AvgIpc) is 3.16. The van der Waals surface area contributed by atoms with Gasteiger partial charge in [0.1, 0.15) is 11.4 Å². The number of carbonyl (C=O) groups is 1. The Morgan fingerprint density at radius 1 is 1.12 bits per heavy atom. The van der Waals surface area contributed by atoms with Crippen molar-refractivity contribution in [1.29, 1.82) is 0 Å². The lowest BCUT2D eigenvalue weighted by Crippen LogP contribution is -2.33. The second kappa shape index (κ2) is 5.62. The van der Waals surface area contributed by atoms with E-state index in [0.29, 0.717) is 13.1 Å². The highest BCUT2D eigenvalue weighted by atomic mass is 16.6. The van der Waals surface area contributed by atoms with Crippen LogP contribution in [0.4, 0.5) is 4.79 Å². The summed E-state index contributed by atoms with van der Waals surface area (Å²) in [4.78, 5) is 22.0. The molecule has 5 heteroatoms. The molecule has 0 fully saturated rings. The van der Waals surface area contributed by atoms with E-state index >= 15 is 0 Å². The van der Waals surface area contributed by atoms with Crippen molar-refractivity contribution in [3.63, 3.8) is 0 Å². The van der Waals surface area contributed by atoms with E-state index in [4.69, 9.17) is 4.74 Å². The number of benzene rings is 2. The van der Waals surface area contributed by atoms with Gasteiger partial charge in [-0.1, -0.05) is 24.3 Å². The third-order valence-electron chi connectivity index (χ3n) is 4.24. The van der Waals surface area contributed by atoms with Crippen molar-refractivity contribution in [2.75, 3.05) is 0 Å². The molecule has 1 amide bonds. The number of H-pyrrole nitrogens is 1. The second-order valence-corrected chi connectivity index (χ2v) is 7.42. The van der Waals surface area contributed by atoms with E-state index in [1.54, 1.807) is 4.90 Å². The first-order chi connectivity index (χ1) is 11.9. The highest BCUT2D eigenvalue weighted by Crippen LogP contribution is 2.29. The van der Waals surface area contributed by atoms with Gasteiger partial charge in [0.25, 0.3) is 0 Å². The molecule has 0 radical (unpaired) electrons. The predicted molar refractivity (Wildman–Crippen MR) is 97.0 cm³/mol. The zero-order valence-electron chi connectivity index (χ0n) is 14.7. The fourth-order valence-electron chi connectivity index (χ4n) is 3.09. The molecule has 0 saturated carbocycles. The van der Waals surface area contributed by atoms with Gasteiger partial charge in [-0.3, -0.25) is 4.90 Å². The number of nitrogens with one attached hydrogen (secondary N) is 1. The fourth-order valence-corrected chi connectivity index (χ4v) is 3.09. The quantitative estimate of drug-likeness (QED) is 0.713. The zero-order valence-corrected chi connectivity index (χ0v) is 14.7. The number of aromatic nitrogens is 2. The lowest BCUT2D eigenvalue weighted by atomic mass is 10.1. The molecular formula is C20H21N3O2. The molecule has 0 unspecified atom stereocenters. The second-order valence-electron chi connectivity index (χ2n) is 7.42. The SMILES string of the molecule is CC(C)(C)OC(=O)N1Cc2ccc(-c3nc4ccccc4[nH]3)cc2C1. The van der Waals surface area contributed by atoms with Crippen LogP contribution < -0.4 is 0 Å². The average molecular weight is 335 g/mol. The molecule has 1 aliphatic rings. The Kier molecular flexibility index (Phi) is 3.53. The standard InChI is InChI=1S/C20H21N3O2/c1-20(2,3)25-19(24)23-11-14-9-8-13(10-15(14)12-23)18-21-16-6-4-5-7-17(16)22-18/h4-10H,11-12H2,1-3H3,(H,21,22). The molecule has 2 aromatic carbocycles. The monoisotopic (exact) mass is 335 g/mol. The molecule has 1 aromatic heterocycles. The Morgan fingerprint density at radius 3 is 2.64 bits per heavy atom. The Morgan fingerprint density at radius 2 is 1.88 bits per heavy atom. The van der Waals surface area contributed by atoms with E-state index in [2.05, 4.69) is 28.2 Å². The summed E-state index contributed by atoms with van der Waals surface area (Å²) in [5, 5.41) is 0. The molecule has 0 spiro atoms. The van der Waals surface area contributed by atoms with Crippen molar-refractivity contribution in [2.24, 2.45) is 0 Å². The molecule has 5 nitrogen and oxygen atoms in total. The molecule has 0 saturated heterocycles. The minimum absolute atomic E-state index is 0.269. The number of ether oxygens (including phenoxy) is 1. The van der Waals surface area contributed by atoms with Crippen molar-refractivity contribution in [2.45, 2.75) is 39.5 Å². The fraction of sp³-hybridized carbons (Fsp3) is 0.300. The van der Waals surface area contributed by atoms with Crippen molar-refractivity contribution >= 4 is 17.1 Å². The minimum atomic E-state index is -0.481. The van der Waals surface area contributed by atoms with Crippen LogP contribution in [0.3, 0.4) is 0 Å². The summed E-state index contributed by atoms with van der Waals surface area (Å²) in [7, 11) is 0. The Balaban J connectivity index is 1.58. The number of imidazole rings is 1. The highest BCUT2D eigenvalue weighted by Gasteiger charge is 2.28. The number of rotatable bonds is 1. The Bertz CT molecular complexity index is 920. The molecule has 0 atom stereocenters. The summed E-state index contributed by atoms with van der Waals surface area (Å²) in [5.41, 5.74) is 4.82. The van der Waals surface area contributed by atoms with Crippen LogP contribution in [-0.4, -0.2) is 26.6 Å². The maximum absolute atomic E-state index is 12.3. The van der Waals surface area contributed by atoms with Crippen molar-refractivity contribution in [1.82, 2.24) is 14.9 Å². The first-order valence-corrected chi connectivity index (χ1v) is 8.44. The first kappa shape index (κ1) is 15.7. The summed E-state index contributed by atoms with van der Waals surface area (Å²) >= 11 is 0. The van der Waals surface area contributed by atoms with Crippen molar-refractivity contribution in [3.05, 3.63) is 53.6 Å². The number of carbonyl (C=O) groups excluding carboxylic acids is 1. The van der Waals surface area contributed by atoms with Crippen LogP contribution in [0.5, 0.6) is 0 Å². The summed E-state index contributed by atoms with van der Waals surface area (Å²) in [6, 6.07) is 14.2. The van der Waals surface area contributed by atoms with Gasteiger partial charge in [0.05, 0.1) is 11.0 Å². The van der Waals surface area contributed by atoms with Gasteiger partial charge >= 0.3 is 6.09 Å². The molecule has 1 aliphatic heterocycles. The largest absolute Gasteiger partial charge is 0.444 e. The van der Waals surface area contributed by atoms with Gasteiger partial charge in [-0.25, -0.2) is 9.78 Å². The van der Waals surface area contributed by atoms with E-state index in [0.717, 1.165) is 33.5 Å². The molecule has 2 heterocycles. The highest BCUT2D eigenvalue weighted by molar-refractivity contribution is 5.79. The van der Waals surface area contributed by atoms with Crippen LogP contribution in [0.2, 0.25) is 0 Å². The maximum Gasteiger partial charge on any atom is 0.410 e. The number of nitrogens with zero attached hydrogens (tertiary/aromatic N) is 2. The van der Waals surface area contributed by atoms with Crippen LogP contribution in [0, 0.1) is 0 Å². The normalized spacial score (nSPS) is 14.0. The number of para-hydroxylation sites is 2. The van der Waals surface area contributed by atoms with E-state index < -0.39 is 5.60 Å². The lowest BCUT2D eigenvalue weighted by molar-refractivity contribution is 0.0242. The summed E-state index contributed by atoms with van der Waals surface area (Å²) in [6.45, 7) is 6.80. The lowest BCUT2D eigenvalue weighted by Gasteiger charge is -2.24. The van der Waals surface area contributed by atoms with Crippen molar-refractivity contribution in [3.8, 4) is 11.4 Å². The van der Waals surface area contributed by atoms with Crippen LogP contribution in [-0.2, 0) is 17.8 Å².